The van der Waals surface area contributed by atoms with Gasteiger partial charge >= 0.3 is 12.0 Å². The first-order valence-corrected chi connectivity index (χ1v) is 5.90. The Morgan fingerprint density at radius 2 is 2.15 bits per heavy atom. The van der Waals surface area contributed by atoms with Gasteiger partial charge in [0, 0.05) is 25.1 Å². The van der Waals surface area contributed by atoms with Crippen LogP contribution in [-0.2, 0) is 17.9 Å². The number of carboxylic acids is 1. The molecule has 0 saturated carbocycles. The Labute approximate surface area is 114 Å². The monoisotopic (exact) mass is 278 g/mol. The average molecular weight is 278 g/mol. The highest BCUT2D eigenvalue weighted by Crippen LogP contribution is 2.04. The summed E-state index contributed by atoms with van der Waals surface area (Å²) in [5, 5.41) is 21.6. The van der Waals surface area contributed by atoms with Gasteiger partial charge in [-0.3, -0.25) is 14.2 Å². The van der Waals surface area contributed by atoms with Crippen molar-refractivity contribution in [1.29, 1.82) is 0 Å². The summed E-state index contributed by atoms with van der Waals surface area (Å²) in [4.78, 5) is 22.1. The van der Waals surface area contributed by atoms with Gasteiger partial charge < -0.3 is 15.7 Å². The number of aliphatic carboxylic acids is 1. The number of amides is 2. The number of carbonyl (C=O) groups excluding carboxylic acids is 1. The highest BCUT2D eigenvalue weighted by molar-refractivity contribution is 5.88. The van der Waals surface area contributed by atoms with Crippen molar-refractivity contribution in [2.24, 2.45) is 0 Å². The molecular formula is C11H14N6O3. The van der Waals surface area contributed by atoms with Crippen LogP contribution in [0.15, 0.2) is 30.9 Å². The van der Waals surface area contributed by atoms with Gasteiger partial charge in [-0.1, -0.05) is 0 Å². The summed E-state index contributed by atoms with van der Waals surface area (Å²) in [7, 11) is 0. The first-order valence-electron chi connectivity index (χ1n) is 5.90. The largest absolute Gasteiger partial charge is 0.480 e. The maximum atomic E-state index is 11.6. The zero-order valence-electron chi connectivity index (χ0n) is 10.6. The molecule has 2 rings (SSSR count). The molecule has 0 aliphatic rings. The Hall–Kier alpha value is -2.84. The fraction of sp³-hybridized carbons (Fsp3) is 0.273. The van der Waals surface area contributed by atoms with E-state index in [9.17, 15) is 9.59 Å². The molecule has 0 bridgehead atoms. The summed E-state index contributed by atoms with van der Waals surface area (Å²) in [6.07, 6.45) is 6.30. The molecule has 2 aromatic heterocycles. The van der Waals surface area contributed by atoms with Crippen molar-refractivity contribution in [2.75, 3.05) is 11.9 Å². The van der Waals surface area contributed by atoms with Gasteiger partial charge in [0.05, 0.1) is 18.4 Å². The summed E-state index contributed by atoms with van der Waals surface area (Å²) in [5.74, 6) is -0.997. The van der Waals surface area contributed by atoms with E-state index < -0.39 is 5.97 Å². The molecule has 2 aromatic rings. The number of hydrogen-bond acceptors (Lipinski definition) is 4. The third-order valence-electron chi connectivity index (χ3n) is 2.37. The van der Waals surface area contributed by atoms with Gasteiger partial charge in [-0.25, -0.2) is 4.79 Å². The van der Waals surface area contributed by atoms with Crippen LogP contribution in [0.2, 0.25) is 0 Å². The second-order valence-corrected chi connectivity index (χ2v) is 3.97. The van der Waals surface area contributed by atoms with E-state index in [1.165, 1.54) is 17.1 Å². The van der Waals surface area contributed by atoms with Gasteiger partial charge in [-0.05, 0) is 6.07 Å². The lowest BCUT2D eigenvalue weighted by Gasteiger charge is -2.05. The molecule has 20 heavy (non-hydrogen) atoms. The van der Waals surface area contributed by atoms with Crippen molar-refractivity contribution in [3.05, 3.63) is 30.9 Å². The Kier molecular flexibility index (Phi) is 4.32. The smallest absolute Gasteiger partial charge is 0.325 e. The average Bonchev–Trinajstić information content (AvgIpc) is 3.00. The SMILES string of the molecule is O=C(O)Cn1cc(NC(=O)NCCn2cccn2)cn1. The maximum absolute atomic E-state index is 11.6. The van der Waals surface area contributed by atoms with Gasteiger partial charge in [0.2, 0.25) is 0 Å². The highest BCUT2D eigenvalue weighted by Gasteiger charge is 2.05. The summed E-state index contributed by atoms with van der Waals surface area (Å²) in [5.41, 5.74) is 0.433. The number of nitrogens with one attached hydrogen (secondary N) is 2. The molecule has 9 heteroatoms. The molecule has 3 N–H and O–H groups in total. The van der Waals surface area contributed by atoms with Crippen LogP contribution in [0, 0.1) is 0 Å². The third kappa shape index (κ3) is 4.12. The highest BCUT2D eigenvalue weighted by atomic mass is 16.4. The van der Waals surface area contributed by atoms with E-state index in [1.54, 1.807) is 23.1 Å². The Morgan fingerprint density at radius 3 is 2.85 bits per heavy atom. The molecule has 0 fully saturated rings. The van der Waals surface area contributed by atoms with E-state index in [4.69, 9.17) is 5.11 Å². The van der Waals surface area contributed by atoms with Crippen LogP contribution in [0.4, 0.5) is 10.5 Å². The van der Waals surface area contributed by atoms with Crippen LogP contribution >= 0.6 is 0 Å². The first-order chi connectivity index (χ1) is 9.63. The lowest BCUT2D eigenvalue weighted by molar-refractivity contribution is -0.137. The normalized spacial score (nSPS) is 10.2. The van der Waals surface area contributed by atoms with E-state index in [1.807, 2.05) is 0 Å². The maximum Gasteiger partial charge on any atom is 0.325 e. The Bertz CT molecular complexity index is 577. The molecule has 0 spiro atoms. The van der Waals surface area contributed by atoms with Gasteiger partial charge in [-0.2, -0.15) is 10.2 Å². The quantitative estimate of drug-likeness (QED) is 0.687. The van der Waals surface area contributed by atoms with E-state index in [2.05, 4.69) is 20.8 Å². The van der Waals surface area contributed by atoms with Gasteiger partial charge in [0.25, 0.3) is 0 Å². The lowest BCUT2D eigenvalue weighted by Crippen LogP contribution is -2.31. The predicted octanol–water partition coefficient (Wildman–Crippen LogP) is -0.0141. The molecule has 0 unspecified atom stereocenters. The summed E-state index contributed by atoms with van der Waals surface area (Å²) < 4.78 is 2.92. The van der Waals surface area contributed by atoms with E-state index in [0.717, 1.165) is 0 Å². The summed E-state index contributed by atoms with van der Waals surface area (Å²) in [6, 6.07) is 1.42. The van der Waals surface area contributed by atoms with Crippen LogP contribution in [0.1, 0.15) is 0 Å². The Balaban J connectivity index is 1.73. The molecule has 0 radical (unpaired) electrons. The van der Waals surface area contributed by atoms with Crippen molar-refractivity contribution in [3.8, 4) is 0 Å². The molecular weight excluding hydrogens is 264 g/mol. The standard InChI is InChI=1S/C11H14N6O3/c18-10(19)8-17-7-9(6-14-17)15-11(20)12-3-5-16-4-1-2-13-16/h1-2,4,6-7H,3,5,8H2,(H,18,19)(H2,12,15,20). The fourth-order valence-corrected chi connectivity index (χ4v) is 1.55. The van der Waals surface area contributed by atoms with Crippen LogP contribution in [-0.4, -0.2) is 43.2 Å². The summed E-state index contributed by atoms with van der Waals surface area (Å²) in [6.45, 7) is 0.748. The zero-order chi connectivity index (χ0) is 14.4. The lowest BCUT2D eigenvalue weighted by atomic mass is 10.5. The number of rotatable bonds is 6. The second-order valence-electron chi connectivity index (χ2n) is 3.97. The Morgan fingerprint density at radius 1 is 1.30 bits per heavy atom. The molecule has 9 nitrogen and oxygen atoms in total. The second kappa shape index (κ2) is 6.36. The van der Waals surface area contributed by atoms with Crippen molar-refractivity contribution >= 4 is 17.7 Å². The van der Waals surface area contributed by atoms with Crippen LogP contribution in [0.5, 0.6) is 0 Å². The van der Waals surface area contributed by atoms with Crippen molar-refractivity contribution < 1.29 is 14.7 Å². The number of nitrogens with zero attached hydrogens (tertiary/aromatic N) is 4. The van der Waals surface area contributed by atoms with E-state index in [0.29, 0.717) is 18.8 Å². The first kappa shape index (κ1) is 13.6. The van der Waals surface area contributed by atoms with Gasteiger partial charge in [-0.15, -0.1) is 0 Å². The topological polar surface area (TPSA) is 114 Å². The van der Waals surface area contributed by atoms with E-state index >= 15 is 0 Å². The molecule has 106 valence electrons. The molecule has 0 saturated heterocycles. The van der Waals surface area contributed by atoms with Crippen LogP contribution in [0.25, 0.3) is 0 Å². The minimum atomic E-state index is -0.997. The zero-order valence-corrected chi connectivity index (χ0v) is 10.6. The van der Waals surface area contributed by atoms with Crippen LogP contribution < -0.4 is 10.6 Å². The summed E-state index contributed by atoms with van der Waals surface area (Å²) >= 11 is 0. The van der Waals surface area contributed by atoms with Gasteiger partial charge in [0.15, 0.2) is 0 Å². The van der Waals surface area contributed by atoms with Crippen molar-refractivity contribution in [2.45, 2.75) is 13.1 Å². The van der Waals surface area contributed by atoms with Gasteiger partial charge in [0.1, 0.15) is 6.54 Å². The predicted molar refractivity (Wildman–Crippen MR) is 69.1 cm³/mol. The van der Waals surface area contributed by atoms with E-state index in [-0.39, 0.29) is 12.6 Å². The number of carboxylic acid groups (broad SMARTS) is 1. The molecule has 2 heterocycles. The number of carbonyl (C=O) groups is 2. The van der Waals surface area contributed by atoms with Crippen molar-refractivity contribution in [3.63, 3.8) is 0 Å². The molecule has 2 amide bonds. The molecule has 0 aromatic carbocycles. The number of urea groups is 1. The molecule has 0 aliphatic heterocycles. The number of aromatic nitrogens is 4. The number of anilines is 1. The third-order valence-corrected chi connectivity index (χ3v) is 2.37. The van der Waals surface area contributed by atoms with Crippen molar-refractivity contribution in [1.82, 2.24) is 24.9 Å². The molecule has 0 atom stereocenters. The fourth-order valence-electron chi connectivity index (χ4n) is 1.55. The number of hydrogen-bond donors (Lipinski definition) is 3. The minimum absolute atomic E-state index is 0.247. The minimum Gasteiger partial charge on any atom is -0.480 e. The van der Waals surface area contributed by atoms with Crippen LogP contribution in [0.3, 0.4) is 0 Å². The molecule has 0 aliphatic carbocycles.